The average Bonchev–Trinajstić information content (AvgIpc) is 2.55. The van der Waals surface area contributed by atoms with E-state index in [1.807, 2.05) is 42.5 Å². The molecule has 0 saturated heterocycles. The molecule has 0 spiro atoms. The fourth-order valence-electron chi connectivity index (χ4n) is 2.30. The van der Waals surface area contributed by atoms with E-state index in [0.717, 1.165) is 18.4 Å². The Kier molecular flexibility index (Phi) is 5.38. The molecule has 0 heterocycles. The minimum absolute atomic E-state index is 0.0369. The zero-order valence-corrected chi connectivity index (χ0v) is 12.5. The summed E-state index contributed by atoms with van der Waals surface area (Å²) in [5.41, 5.74) is 1.75. The van der Waals surface area contributed by atoms with Gasteiger partial charge in [0.15, 0.2) is 0 Å². The smallest absolute Gasteiger partial charge is 0.251 e. The lowest BCUT2D eigenvalue weighted by molar-refractivity contribution is 0.0934. The zero-order valence-electron chi connectivity index (χ0n) is 12.5. The molecule has 0 fully saturated rings. The van der Waals surface area contributed by atoms with Crippen molar-refractivity contribution in [1.82, 2.24) is 5.32 Å². The Balaban J connectivity index is 2.14. The van der Waals surface area contributed by atoms with E-state index in [1.54, 1.807) is 19.2 Å². The topological polar surface area (TPSA) is 38.3 Å². The van der Waals surface area contributed by atoms with Gasteiger partial charge < -0.3 is 10.1 Å². The lowest BCUT2D eigenvalue weighted by Gasteiger charge is -2.19. The molecule has 0 aliphatic rings. The summed E-state index contributed by atoms with van der Waals surface area (Å²) in [5, 5.41) is 3.11. The number of hydrogen-bond acceptors (Lipinski definition) is 2. The third-order valence-electron chi connectivity index (χ3n) is 3.42. The van der Waals surface area contributed by atoms with Crippen LogP contribution in [0.3, 0.4) is 0 Å². The molecule has 2 aromatic rings. The van der Waals surface area contributed by atoms with Crippen LogP contribution in [0.15, 0.2) is 54.6 Å². The van der Waals surface area contributed by atoms with Crippen molar-refractivity contribution in [3.8, 4) is 5.75 Å². The summed E-state index contributed by atoms with van der Waals surface area (Å²) in [6, 6.07) is 17.3. The molecule has 21 heavy (non-hydrogen) atoms. The second kappa shape index (κ2) is 7.48. The summed E-state index contributed by atoms with van der Waals surface area (Å²) in [6.07, 6.45) is 1.93. The molecule has 0 aromatic heterocycles. The van der Waals surface area contributed by atoms with E-state index in [2.05, 4.69) is 12.2 Å². The van der Waals surface area contributed by atoms with Crippen LogP contribution in [-0.4, -0.2) is 13.0 Å². The normalized spacial score (nSPS) is 11.7. The number of carbonyl (C=O) groups is 1. The molecule has 1 unspecified atom stereocenters. The van der Waals surface area contributed by atoms with Gasteiger partial charge in [0.05, 0.1) is 13.2 Å². The molecule has 1 N–H and O–H groups in total. The van der Waals surface area contributed by atoms with Crippen molar-refractivity contribution < 1.29 is 9.53 Å². The van der Waals surface area contributed by atoms with Crippen LogP contribution in [0, 0.1) is 0 Å². The minimum Gasteiger partial charge on any atom is -0.497 e. The largest absolute Gasteiger partial charge is 0.497 e. The summed E-state index contributed by atoms with van der Waals surface area (Å²) >= 11 is 0. The molecule has 0 aliphatic carbocycles. The molecule has 0 saturated carbocycles. The molecule has 0 bridgehead atoms. The first-order valence-electron chi connectivity index (χ1n) is 7.24. The van der Waals surface area contributed by atoms with Gasteiger partial charge in [-0.3, -0.25) is 4.79 Å². The summed E-state index contributed by atoms with van der Waals surface area (Å²) in [6.45, 7) is 2.12. The van der Waals surface area contributed by atoms with E-state index in [0.29, 0.717) is 11.3 Å². The van der Waals surface area contributed by atoms with Crippen LogP contribution in [0.5, 0.6) is 5.75 Å². The Bertz CT molecular complexity index is 581. The molecule has 1 amide bonds. The number of methoxy groups -OCH3 is 1. The van der Waals surface area contributed by atoms with Crippen molar-refractivity contribution in [2.24, 2.45) is 0 Å². The standard InChI is InChI=1S/C18H21NO2/c1-3-8-17(14-9-5-4-6-10-14)19-18(20)15-11-7-12-16(13-15)21-2/h4-7,9-13,17H,3,8H2,1-2H3,(H,19,20). The number of hydrogen-bond donors (Lipinski definition) is 1. The van der Waals surface area contributed by atoms with Crippen LogP contribution in [0.4, 0.5) is 0 Å². The second-order valence-electron chi connectivity index (χ2n) is 4.96. The number of rotatable bonds is 6. The van der Waals surface area contributed by atoms with E-state index in [-0.39, 0.29) is 11.9 Å². The number of carbonyl (C=O) groups excluding carboxylic acids is 1. The van der Waals surface area contributed by atoms with Crippen molar-refractivity contribution in [3.05, 3.63) is 65.7 Å². The van der Waals surface area contributed by atoms with Gasteiger partial charge in [-0.2, -0.15) is 0 Å². The number of benzene rings is 2. The van der Waals surface area contributed by atoms with Crippen molar-refractivity contribution >= 4 is 5.91 Å². The van der Waals surface area contributed by atoms with E-state index >= 15 is 0 Å². The van der Waals surface area contributed by atoms with Gasteiger partial charge in [-0.25, -0.2) is 0 Å². The first-order valence-corrected chi connectivity index (χ1v) is 7.24. The molecule has 3 nitrogen and oxygen atoms in total. The maximum atomic E-state index is 12.4. The third kappa shape index (κ3) is 4.09. The first-order chi connectivity index (χ1) is 10.2. The molecular formula is C18H21NO2. The molecule has 3 heteroatoms. The SMILES string of the molecule is CCCC(NC(=O)c1cccc(OC)c1)c1ccccc1. The zero-order chi connectivity index (χ0) is 15.1. The second-order valence-corrected chi connectivity index (χ2v) is 4.96. The van der Waals surface area contributed by atoms with Gasteiger partial charge in [-0.15, -0.1) is 0 Å². The lowest BCUT2D eigenvalue weighted by atomic mass is 10.0. The fourth-order valence-corrected chi connectivity index (χ4v) is 2.30. The Labute approximate surface area is 126 Å². The van der Waals surface area contributed by atoms with Gasteiger partial charge in [0, 0.05) is 5.56 Å². The predicted molar refractivity (Wildman–Crippen MR) is 84.6 cm³/mol. The van der Waals surface area contributed by atoms with E-state index in [9.17, 15) is 4.79 Å². The van der Waals surface area contributed by atoms with Crippen molar-refractivity contribution in [3.63, 3.8) is 0 Å². The summed E-state index contributed by atoms with van der Waals surface area (Å²) in [7, 11) is 1.60. The maximum absolute atomic E-state index is 12.4. The van der Waals surface area contributed by atoms with Crippen LogP contribution >= 0.6 is 0 Å². The van der Waals surface area contributed by atoms with Crippen LogP contribution in [-0.2, 0) is 0 Å². The summed E-state index contributed by atoms with van der Waals surface area (Å²) in [5.74, 6) is 0.616. The quantitative estimate of drug-likeness (QED) is 0.871. The highest BCUT2D eigenvalue weighted by atomic mass is 16.5. The number of ether oxygens (including phenoxy) is 1. The molecule has 0 radical (unpaired) electrons. The summed E-state index contributed by atoms with van der Waals surface area (Å²) < 4.78 is 5.16. The van der Waals surface area contributed by atoms with Crippen molar-refractivity contribution in [2.45, 2.75) is 25.8 Å². The van der Waals surface area contributed by atoms with E-state index in [4.69, 9.17) is 4.74 Å². The number of nitrogens with one attached hydrogen (secondary N) is 1. The molecule has 2 aromatic carbocycles. The molecule has 110 valence electrons. The lowest BCUT2D eigenvalue weighted by Crippen LogP contribution is -2.28. The average molecular weight is 283 g/mol. The Morgan fingerprint density at radius 1 is 1.14 bits per heavy atom. The van der Waals surface area contributed by atoms with Crippen LogP contribution in [0.25, 0.3) is 0 Å². The van der Waals surface area contributed by atoms with Gasteiger partial charge in [0.1, 0.15) is 5.75 Å². The first kappa shape index (κ1) is 15.1. The molecule has 0 aliphatic heterocycles. The van der Waals surface area contributed by atoms with E-state index < -0.39 is 0 Å². The number of amides is 1. The predicted octanol–water partition coefficient (Wildman–Crippen LogP) is 3.97. The molecule has 2 rings (SSSR count). The maximum Gasteiger partial charge on any atom is 0.251 e. The highest BCUT2D eigenvalue weighted by Gasteiger charge is 2.15. The van der Waals surface area contributed by atoms with Crippen molar-refractivity contribution in [2.75, 3.05) is 7.11 Å². The Hall–Kier alpha value is -2.29. The van der Waals surface area contributed by atoms with Gasteiger partial charge >= 0.3 is 0 Å². The van der Waals surface area contributed by atoms with Gasteiger partial charge in [-0.05, 0) is 30.2 Å². The minimum atomic E-state index is -0.0730. The third-order valence-corrected chi connectivity index (χ3v) is 3.42. The van der Waals surface area contributed by atoms with Crippen LogP contribution in [0.2, 0.25) is 0 Å². The highest BCUT2D eigenvalue weighted by molar-refractivity contribution is 5.94. The van der Waals surface area contributed by atoms with Crippen molar-refractivity contribution in [1.29, 1.82) is 0 Å². The molecule has 1 atom stereocenters. The Morgan fingerprint density at radius 3 is 2.57 bits per heavy atom. The highest BCUT2D eigenvalue weighted by Crippen LogP contribution is 2.20. The van der Waals surface area contributed by atoms with Crippen LogP contribution < -0.4 is 10.1 Å². The van der Waals surface area contributed by atoms with Gasteiger partial charge in [0.25, 0.3) is 5.91 Å². The van der Waals surface area contributed by atoms with Crippen LogP contribution in [0.1, 0.15) is 41.7 Å². The molecular weight excluding hydrogens is 262 g/mol. The summed E-state index contributed by atoms with van der Waals surface area (Å²) in [4.78, 5) is 12.4. The van der Waals surface area contributed by atoms with Gasteiger partial charge in [-0.1, -0.05) is 49.7 Å². The Morgan fingerprint density at radius 2 is 1.90 bits per heavy atom. The van der Waals surface area contributed by atoms with E-state index in [1.165, 1.54) is 0 Å². The van der Waals surface area contributed by atoms with Gasteiger partial charge in [0.2, 0.25) is 0 Å². The monoisotopic (exact) mass is 283 g/mol. The fraction of sp³-hybridized carbons (Fsp3) is 0.278.